The Kier molecular flexibility index (Phi) is 5.76. The van der Waals surface area contributed by atoms with E-state index >= 15 is 0 Å². The van der Waals surface area contributed by atoms with Crippen molar-refractivity contribution in [2.45, 2.75) is 12.8 Å². The molecule has 0 bridgehead atoms. The first-order chi connectivity index (χ1) is 8.16. The van der Waals surface area contributed by atoms with Crippen LogP contribution in [0.3, 0.4) is 0 Å². The molecule has 1 aromatic heterocycles. The number of nitrogens with zero attached hydrogens (tertiary/aromatic N) is 1. The molecule has 0 fully saturated rings. The Morgan fingerprint density at radius 1 is 1.59 bits per heavy atom. The number of aromatic carboxylic acids is 1. The largest absolute Gasteiger partial charge is 0.478 e. The van der Waals surface area contributed by atoms with E-state index in [0.29, 0.717) is 6.54 Å². The van der Waals surface area contributed by atoms with Gasteiger partial charge in [0.05, 0.1) is 0 Å². The number of unbranched alkanes of at least 4 members (excludes halogenated alkanes) is 1. The van der Waals surface area contributed by atoms with Gasteiger partial charge >= 0.3 is 5.97 Å². The third kappa shape index (κ3) is 4.22. The van der Waals surface area contributed by atoms with E-state index in [-0.39, 0.29) is 11.4 Å². The summed E-state index contributed by atoms with van der Waals surface area (Å²) in [5.41, 5.74) is -0.355. The fourth-order valence-corrected chi connectivity index (χ4v) is 1.80. The summed E-state index contributed by atoms with van der Waals surface area (Å²) in [6, 6.07) is 1.15. The topological polar surface area (TPSA) is 62.2 Å². The Hall–Kier alpha value is -1.30. The average molecular weight is 258 g/mol. The summed E-state index contributed by atoms with van der Waals surface area (Å²) in [5, 5.41) is 11.5. The molecular weight excluding hydrogens is 243 g/mol. The minimum absolute atomic E-state index is 0.00838. The van der Waals surface area contributed by atoms with Crippen LogP contribution < -0.4 is 5.32 Å². The van der Waals surface area contributed by atoms with Crippen molar-refractivity contribution in [1.82, 2.24) is 4.98 Å². The van der Waals surface area contributed by atoms with Gasteiger partial charge in [0.1, 0.15) is 5.56 Å². The Balaban J connectivity index is 2.54. The number of carboxylic acids is 1. The van der Waals surface area contributed by atoms with Gasteiger partial charge in [-0.3, -0.25) is 0 Å². The molecule has 0 aliphatic carbocycles. The third-order valence-electron chi connectivity index (χ3n) is 2.19. The maximum atomic E-state index is 13.6. The predicted octanol–water partition coefficient (Wildman–Crippen LogP) is 2.47. The van der Waals surface area contributed by atoms with Crippen molar-refractivity contribution < 1.29 is 14.3 Å². The lowest BCUT2D eigenvalue weighted by molar-refractivity contribution is 0.0692. The normalized spacial score (nSPS) is 10.2. The molecule has 1 heterocycles. The lowest BCUT2D eigenvalue weighted by Gasteiger charge is -2.07. The molecule has 0 saturated carbocycles. The van der Waals surface area contributed by atoms with Crippen LogP contribution in [-0.2, 0) is 0 Å². The van der Waals surface area contributed by atoms with Crippen LogP contribution in [0.5, 0.6) is 0 Å². The first-order valence-electron chi connectivity index (χ1n) is 5.27. The van der Waals surface area contributed by atoms with Crippen LogP contribution in [-0.4, -0.2) is 34.6 Å². The van der Waals surface area contributed by atoms with Gasteiger partial charge in [-0.05, 0) is 30.9 Å². The van der Waals surface area contributed by atoms with Crippen molar-refractivity contribution >= 4 is 23.5 Å². The van der Waals surface area contributed by atoms with Crippen LogP contribution in [0.4, 0.5) is 10.2 Å². The summed E-state index contributed by atoms with van der Waals surface area (Å²) in [6.07, 6.45) is 5.26. The fraction of sp³-hybridized carbons (Fsp3) is 0.455. The van der Waals surface area contributed by atoms with E-state index in [1.807, 2.05) is 6.26 Å². The highest BCUT2D eigenvalue weighted by Gasteiger charge is 2.14. The molecule has 2 N–H and O–H groups in total. The summed E-state index contributed by atoms with van der Waals surface area (Å²) >= 11 is 1.76. The van der Waals surface area contributed by atoms with Gasteiger partial charge in [0, 0.05) is 12.7 Å². The number of carboxylic acid groups (broad SMARTS) is 1. The fourth-order valence-electron chi connectivity index (χ4n) is 1.31. The minimum Gasteiger partial charge on any atom is -0.478 e. The van der Waals surface area contributed by atoms with Crippen LogP contribution in [0, 0.1) is 5.82 Å². The molecule has 4 nitrogen and oxygen atoms in total. The highest BCUT2D eigenvalue weighted by atomic mass is 32.2. The third-order valence-corrected chi connectivity index (χ3v) is 2.88. The molecule has 94 valence electrons. The maximum Gasteiger partial charge on any atom is 0.338 e. The second-order valence-corrected chi connectivity index (χ2v) is 4.44. The van der Waals surface area contributed by atoms with Gasteiger partial charge < -0.3 is 10.4 Å². The Morgan fingerprint density at radius 2 is 2.35 bits per heavy atom. The highest BCUT2D eigenvalue weighted by molar-refractivity contribution is 7.98. The number of hydrogen-bond donors (Lipinski definition) is 2. The van der Waals surface area contributed by atoms with E-state index in [0.717, 1.165) is 24.7 Å². The van der Waals surface area contributed by atoms with Crippen LogP contribution in [0.25, 0.3) is 0 Å². The van der Waals surface area contributed by atoms with Gasteiger partial charge in [0.25, 0.3) is 0 Å². The average Bonchev–Trinajstić information content (AvgIpc) is 2.30. The molecule has 6 heteroatoms. The summed E-state index contributed by atoms with van der Waals surface area (Å²) in [7, 11) is 0. The van der Waals surface area contributed by atoms with Gasteiger partial charge in [-0.2, -0.15) is 11.8 Å². The van der Waals surface area contributed by atoms with Crippen molar-refractivity contribution in [3.8, 4) is 0 Å². The van der Waals surface area contributed by atoms with Crippen LogP contribution in [0.2, 0.25) is 0 Å². The molecule has 0 unspecified atom stereocenters. The number of aromatic nitrogens is 1. The van der Waals surface area contributed by atoms with Gasteiger partial charge in [-0.25, -0.2) is 14.2 Å². The zero-order chi connectivity index (χ0) is 12.7. The van der Waals surface area contributed by atoms with Gasteiger partial charge in [0.2, 0.25) is 0 Å². The molecule has 0 aliphatic heterocycles. The molecule has 0 aromatic carbocycles. The lowest BCUT2D eigenvalue weighted by Crippen LogP contribution is -2.09. The van der Waals surface area contributed by atoms with E-state index in [9.17, 15) is 9.18 Å². The molecule has 17 heavy (non-hydrogen) atoms. The van der Waals surface area contributed by atoms with Gasteiger partial charge in [-0.15, -0.1) is 0 Å². The summed E-state index contributed by atoms with van der Waals surface area (Å²) in [4.78, 5) is 14.5. The first-order valence-corrected chi connectivity index (χ1v) is 6.66. The number of nitrogens with one attached hydrogen (secondary N) is 1. The number of carbonyl (C=O) groups is 1. The molecule has 0 radical (unpaired) electrons. The Labute approximate surface area is 104 Å². The number of pyridine rings is 1. The molecule has 1 aromatic rings. The second-order valence-electron chi connectivity index (χ2n) is 3.45. The van der Waals surface area contributed by atoms with Crippen molar-refractivity contribution in [1.29, 1.82) is 0 Å². The Bertz CT molecular complexity index is 388. The first kappa shape index (κ1) is 13.8. The number of thioether (sulfide) groups is 1. The molecule has 0 aliphatic rings. The molecule has 0 atom stereocenters. The molecule has 0 amide bonds. The van der Waals surface area contributed by atoms with E-state index in [4.69, 9.17) is 5.11 Å². The Morgan fingerprint density at radius 3 is 3.00 bits per heavy atom. The summed E-state index contributed by atoms with van der Waals surface area (Å²) < 4.78 is 13.6. The van der Waals surface area contributed by atoms with E-state index in [1.165, 1.54) is 6.20 Å². The van der Waals surface area contributed by atoms with Gasteiger partial charge in [0.15, 0.2) is 11.6 Å². The second kappa shape index (κ2) is 7.11. The number of rotatable bonds is 7. The monoisotopic (exact) mass is 258 g/mol. The number of halogens is 1. The zero-order valence-electron chi connectivity index (χ0n) is 9.57. The standard InChI is InChI=1S/C11H15FN2O2S/c1-17-7-3-2-5-13-10-9(12)8(11(15)16)4-6-14-10/h4,6H,2-3,5,7H2,1H3,(H,13,14)(H,15,16). The highest BCUT2D eigenvalue weighted by Crippen LogP contribution is 2.15. The lowest BCUT2D eigenvalue weighted by atomic mass is 10.2. The van der Waals surface area contributed by atoms with Gasteiger partial charge in [-0.1, -0.05) is 0 Å². The van der Waals surface area contributed by atoms with Crippen molar-refractivity contribution in [3.05, 3.63) is 23.6 Å². The molecule has 0 saturated heterocycles. The maximum absolute atomic E-state index is 13.6. The van der Waals surface area contributed by atoms with Crippen molar-refractivity contribution in [2.24, 2.45) is 0 Å². The van der Waals surface area contributed by atoms with Crippen LogP contribution in [0.15, 0.2) is 12.3 Å². The SMILES string of the molecule is CSCCCCNc1nccc(C(=O)O)c1F. The number of hydrogen-bond acceptors (Lipinski definition) is 4. The zero-order valence-corrected chi connectivity index (χ0v) is 10.4. The number of anilines is 1. The van der Waals surface area contributed by atoms with Crippen LogP contribution >= 0.6 is 11.8 Å². The quantitative estimate of drug-likeness (QED) is 0.736. The van der Waals surface area contributed by atoms with E-state index in [2.05, 4.69) is 10.3 Å². The van der Waals surface area contributed by atoms with Crippen LogP contribution in [0.1, 0.15) is 23.2 Å². The van der Waals surface area contributed by atoms with E-state index < -0.39 is 11.8 Å². The summed E-state index contributed by atoms with van der Waals surface area (Å²) in [5.74, 6) is -1.01. The predicted molar refractivity (Wildman–Crippen MR) is 67.3 cm³/mol. The smallest absolute Gasteiger partial charge is 0.338 e. The molecule has 0 spiro atoms. The minimum atomic E-state index is -1.28. The molecule has 1 rings (SSSR count). The summed E-state index contributed by atoms with van der Waals surface area (Å²) in [6.45, 7) is 0.591. The molecular formula is C11H15FN2O2S. The van der Waals surface area contributed by atoms with E-state index in [1.54, 1.807) is 11.8 Å². The van der Waals surface area contributed by atoms with Crippen molar-refractivity contribution in [3.63, 3.8) is 0 Å². The van der Waals surface area contributed by atoms with Crippen molar-refractivity contribution in [2.75, 3.05) is 23.9 Å².